The van der Waals surface area contributed by atoms with Gasteiger partial charge in [-0.15, -0.1) is 0 Å². The second kappa shape index (κ2) is 8.08. The third-order valence-corrected chi connectivity index (χ3v) is 5.20. The number of hydrogen-bond acceptors (Lipinski definition) is 5. The van der Waals surface area contributed by atoms with E-state index >= 15 is 0 Å². The van der Waals surface area contributed by atoms with Crippen LogP contribution in [0.4, 0.5) is 0 Å². The van der Waals surface area contributed by atoms with Gasteiger partial charge in [-0.05, 0) is 70.4 Å². The number of carbonyl (C=O) groups excluding carboxylic acids is 2. The van der Waals surface area contributed by atoms with Gasteiger partial charge in [0.2, 0.25) is 0 Å². The van der Waals surface area contributed by atoms with Crippen LogP contribution in [-0.4, -0.2) is 61.6 Å². The van der Waals surface area contributed by atoms with Crippen molar-refractivity contribution in [1.29, 1.82) is 0 Å². The molecule has 0 spiro atoms. The maximum absolute atomic E-state index is 12.8. The number of esters is 1. The first kappa shape index (κ1) is 18.7. The first-order valence-electron chi connectivity index (χ1n) is 9.48. The van der Waals surface area contributed by atoms with Crippen LogP contribution >= 0.6 is 0 Å². The van der Waals surface area contributed by atoms with Gasteiger partial charge >= 0.3 is 5.97 Å². The molecule has 6 heteroatoms. The van der Waals surface area contributed by atoms with E-state index in [0.29, 0.717) is 42.6 Å². The van der Waals surface area contributed by atoms with Crippen LogP contribution in [0.2, 0.25) is 0 Å². The van der Waals surface area contributed by atoms with Crippen molar-refractivity contribution >= 4 is 11.9 Å². The number of amides is 1. The lowest BCUT2D eigenvalue weighted by molar-refractivity contribution is 0.0521. The second-order valence-electron chi connectivity index (χ2n) is 7.09. The van der Waals surface area contributed by atoms with Crippen LogP contribution in [0.3, 0.4) is 0 Å². The van der Waals surface area contributed by atoms with Gasteiger partial charge in [-0.2, -0.15) is 0 Å². The number of rotatable bonds is 6. The van der Waals surface area contributed by atoms with Crippen molar-refractivity contribution in [2.24, 2.45) is 5.92 Å². The van der Waals surface area contributed by atoms with Crippen molar-refractivity contribution in [3.63, 3.8) is 0 Å². The van der Waals surface area contributed by atoms with Crippen LogP contribution in [0, 0.1) is 5.92 Å². The van der Waals surface area contributed by atoms with Crippen LogP contribution < -0.4 is 4.74 Å². The number of fused-ring (bicyclic) bond motifs is 1. The molecule has 1 saturated heterocycles. The van der Waals surface area contributed by atoms with Crippen molar-refractivity contribution in [3.8, 4) is 5.75 Å². The van der Waals surface area contributed by atoms with E-state index in [1.165, 1.54) is 0 Å². The molecule has 0 bridgehead atoms. The molecule has 1 fully saturated rings. The van der Waals surface area contributed by atoms with Crippen LogP contribution in [0.5, 0.6) is 5.75 Å². The largest absolute Gasteiger partial charge is 0.493 e. The van der Waals surface area contributed by atoms with Crippen LogP contribution in [0.1, 0.15) is 53.0 Å². The maximum atomic E-state index is 12.8. The molecule has 6 nitrogen and oxygen atoms in total. The Morgan fingerprint density at radius 3 is 2.58 bits per heavy atom. The van der Waals surface area contributed by atoms with Gasteiger partial charge in [0.25, 0.3) is 5.91 Å². The standard InChI is InChI=1S/C20H28N2O4/c1-4-25-18-11-16-15(10-17(18)20(24)26-5-2)13-22(19(16)23)12-14-6-8-21(3)9-7-14/h10-11,14H,4-9,12-13H2,1-3H3. The van der Waals surface area contributed by atoms with E-state index in [-0.39, 0.29) is 5.91 Å². The molecule has 0 aliphatic carbocycles. The highest BCUT2D eigenvalue weighted by Gasteiger charge is 2.32. The Balaban J connectivity index is 1.79. The lowest BCUT2D eigenvalue weighted by Gasteiger charge is -2.31. The van der Waals surface area contributed by atoms with E-state index in [1.807, 2.05) is 11.8 Å². The Kier molecular flexibility index (Phi) is 5.81. The summed E-state index contributed by atoms with van der Waals surface area (Å²) in [6, 6.07) is 3.48. The number of hydrogen-bond donors (Lipinski definition) is 0. The topological polar surface area (TPSA) is 59.1 Å². The van der Waals surface area contributed by atoms with Gasteiger partial charge in [-0.25, -0.2) is 4.79 Å². The summed E-state index contributed by atoms with van der Waals surface area (Å²) in [5.41, 5.74) is 1.94. The van der Waals surface area contributed by atoms with E-state index in [1.54, 1.807) is 19.1 Å². The molecule has 0 unspecified atom stereocenters. The highest BCUT2D eigenvalue weighted by Crippen LogP contribution is 2.32. The van der Waals surface area contributed by atoms with Gasteiger partial charge in [0.1, 0.15) is 11.3 Å². The van der Waals surface area contributed by atoms with Gasteiger partial charge in [0.05, 0.1) is 13.2 Å². The summed E-state index contributed by atoms with van der Waals surface area (Å²) < 4.78 is 10.7. The SMILES string of the molecule is CCOC(=O)c1cc2c(cc1OCC)C(=O)N(CC1CCN(C)CC1)C2. The Labute approximate surface area is 155 Å². The molecule has 0 radical (unpaired) electrons. The molecule has 2 aliphatic rings. The molecule has 2 aliphatic heterocycles. The second-order valence-corrected chi connectivity index (χ2v) is 7.09. The first-order valence-corrected chi connectivity index (χ1v) is 9.48. The van der Waals surface area contributed by atoms with Gasteiger partial charge < -0.3 is 19.3 Å². The number of benzene rings is 1. The van der Waals surface area contributed by atoms with Crippen molar-refractivity contribution in [3.05, 3.63) is 28.8 Å². The van der Waals surface area contributed by atoms with Gasteiger partial charge in [0.15, 0.2) is 0 Å². The molecule has 1 aromatic carbocycles. The third kappa shape index (κ3) is 3.85. The summed E-state index contributed by atoms with van der Waals surface area (Å²) in [6.45, 7) is 7.87. The molecule has 0 atom stereocenters. The number of likely N-dealkylation sites (tertiary alicyclic amines) is 1. The summed E-state index contributed by atoms with van der Waals surface area (Å²) in [5.74, 6) is 0.606. The van der Waals surface area contributed by atoms with Gasteiger partial charge in [0, 0.05) is 18.7 Å². The Morgan fingerprint density at radius 2 is 1.92 bits per heavy atom. The highest BCUT2D eigenvalue weighted by molar-refractivity contribution is 6.01. The average molecular weight is 360 g/mol. The smallest absolute Gasteiger partial charge is 0.341 e. The minimum atomic E-state index is -0.403. The summed E-state index contributed by atoms with van der Waals surface area (Å²) in [6.07, 6.45) is 2.24. The molecule has 142 valence electrons. The molecular formula is C20H28N2O4. The van der Waals surface area contributed by atoms with Crippen LogP contribution in [-0.2, 0) is 11.3 Å². The number of carbonyl (C=O) groups is 2. The predicted molar refractivity (Wildman–Crippen MR) is 98.5 cm³/mol. The van der Waals surface area contributed by atoms with Crippen LogP contribution in [0.25, 0.3) is 0 Å². The Bertz CT molecular complexity index is 681. The lowest BCUT2D eigenvalue weighted by atomic mass is 9.96. The van der Waals surface area contributed by atoms with E-state index in [9.17, 15) is 9.59 Å². The Morgan fingerprint density at radius 1 is 1.19 bits per heavy atom. The van der Waals surface area contributed by atoms with Crippen LogP contribution in [0.15, 0.2) is 12.1 Å². The van der Waals surface area contributed by atoms with E-state index < -0.39 is 5.97 Å². The van der Waals surface area contributed by atoms with Gasteiger partial charge in [-0.1, -0.05) is 0 Å². The molecule has 0 saturated carbocycles. The fraction of sp³-hybridized carbons (Fsp3) is 0.600. The summed E-state index contributed by atoms with van der Waals surface area (Å²) >= 11 is 0. The fourth-order valence-electron chi connectivity index (χ4n) is 3.75. The lowest BCUT2D eigenvalue weighted by Crippen LogP contribution is -2.37. The van der Waals surface area contributed by atoms with Crippen molar-refractivity contribution in [1.82, 2.24) is 9.80 Å². The quantitative estimate of drug-likeness (QED) is 0.730. The normalized spacial score (nSPS) is 18.1. The van der Waals surface area contributed by atoms with Crippen molar-refractivity contribution < 1.29 is 19.1 Å². The monoisotopic (exact) mass is 360 g/mol. The predicted octanol–water partition coefficient (Wildman–Crippen LogP) is 2.56. The molecule has 1 aromatic rings. The zero-order valence-corrected chi connectivity index (χ0v) is 15.9. The first-order chi connectivity index (χ1) is 12.5. The summed E-state index contributed by atoms with van der Waals surface area (Å²) in [4.78, 5) is 29.3. The highest BCUT2D eigenvalue weighted by atomic mass is 16.5. The molecule has 3 rings (SSSR count). The molecule has 2 heterocycles. The van der Waals surface area contributed by atoms with E-state index in [2.05, 4.69) is 11.9 Å². The molecular weight excluding hydrogens is 332 g/mol. The zero-order valence-electron chi connectivity index (χ0n) is 15.9. The van der Waals surface area contributed by atoms with Crippen molar-refractivity contribution in [2.75, 3.05) is 39.9 Å². The Hall–Kier alpha value is -2.08. The van der Waals surface area contributed by atoms with E-state index in [4.69, 9.17) is 9.47 Å². The maximum Gasteiger partial charge on any atom is 0.341 e. The molecule has 1 amide bonds. The minimum absolute atomic E-state index is 0.0373. The fourth-order valence-corrected chi connectivity index (χ4v) is 3.75. The molecule has 26 heavy (non-hydrogen) atoms. The molecule has 0 N–H and O–H groups in total. The summed E-state index contributed by atoms with van der Waals surface area (Å²) in [5, 5.41) is 0. The third-order valence-electron chi connectivity index (χ3n) is 5.20. The number of nitrogens with zero attached hydrogens (tertiary/aromatic N) is 2. The average Bonchev–Trinajstić information content (AvgIpc) is 2.92. The molecule has 0 aromatic heterocycles. The van der Waals surface area contributed by atoms with Gasteiger partial charge in [-0.3, -0.25) is 4.79 Å². The number of piperidine rings is 1. The van der Waals surface area contributed by atoms with Crippen molar-refractivity contribution in [2.45, 2.75) is 33.2 Å². The number of ether oxygens (including phenoxy) is 2. The van der Waals surface area contributed by atoms with E-state index in [0.717, 1.165) is 38.0 Å². The minimum Gasteiger partial charge on any atom is -0.493 e. The summed E-state index contributed by atoms with van der Waals surface area (Å²) in [7, 11) is 2.14. The zero-order chi connectivity index (χ0) is 18.7.